The molecule has 1 aliphatic heterocycles. The highest BCUT2D eigenvalue weighted by Gasteiger charge is 2.17. The molecule has 0 bridgehead atoms. The Morgan fingerprint density at radius 2 is 1.79 bits per heavy atom. The fourth-order valence-electron chi connectivity index (χ4n) is 5.07. The molecule has 0 aliphatic carbocycles. The lowest BCUT2D eigenvalue weighted by molar-refractivity contribution is 0.313. The van der Waals surface area contributed by atoms with Crippen LogP contribution in [0.4, 0.5) is 11.6 Å². The highest BCUT2D eigenvalue weighted by molar-refractivity contribution is 8.00. The SMILES string of the molecule is COc1cccc(-c2cc(Oc3ccc(N4CCN(C)CC4)cc3)nc(NSc3cnn(C)c3)n2)c1CCCC(C)C. The average molecular weight is 588 g/mol. The summed E-state index contributed by atoms with van der Waals surface area (Å²) in [5.41, 5.74) is 4.15. The van der Waals surface area contributed by atoms with E-state index in [1.165, 1.54) is 17.6 Å². The van der Waals surface area contributed by atoms with Crippen LogP contribution in [0.15, 0.2) is 65.8 Å². The Hall–Kier alpha value is -3.76. The molecule has 4 aromatic rings. The largest absolute Gasteiger partial charge is 0.496 e. The first-order valence-electron chi connectivity index (χ1n) is 14.6. The lowest BCUT2D eigenvalue weighted by atomic mass is 9.96. The second-order valence-corrected chi connectivity index (χ2v) is 12.0. The van der Waals surface area contributed by atoms with E-state index >= 15 is 0 Å². The zero-order valence-electron chi connectivity index (χ0n) is 25.2. The van der Waals surface area contributed by atoms with E-state index in [2.05, 4.69) is 58.7 Å². The van der Waals surface area contributed by atoms with Crippen LogP contribution in [0.3, 0.4) is 0 Å². The quantitative estimate of drug-likeness (QED) is 0.186. The van der Waals surface area contributed by atoms with Crippen molar-refractivity contribution in [2.45, 2.75) is 38.0 Å². The molecule has 0 spiro atoms. The Morgan fingerprint density at radius 1 is 1.00 bits per heavy atom. The lowest BCUT2D eigenvalue weighted by Crippen LogP contribution is -2.44. The maximum atomic E-state index is 6.33. The van der Waals surface area contributed by atoms with Gasteiger partial charge in [0.15, 0.2) is 0 Å². The zero-order valence-corrected chi connectivity index (χ0v) is 26.0. The van der Waals surface area contributed by atoms with Crippen molar-refractivity contribution in [1.29, 1.82) is 0 Å². The van der Waals surface area contributed by atoms with Crippen LogP contribution in [0.5, 0.6) is 17.4 Å². The number of methoxy groups -OCH3 is 1. The van der Waals surface area contributed by atoms with Crippen molar-refractivity contribution in [3.8, 4) is 28.6 Å². The normalized spacial score (nSPS) is 13.9. The number of benzene rings is 2. The van der Waals surface area contributed by atoms with Gasteiger partial charge in [-0.2, -0.15) is 10.1 Å². The number of nitrogens with one attached hydrogen (secondary N) is 1. The summed E-state index contributed by atoms with van der Waals surface area (Å²) in [5, 5.41) is 4.25. The summed E-state index contributed by atoms with van der Waals surface area (Å²) < 4.78 is 17.2. The van der Waals surface area contributed by atoms with Crippen molar-refractivity contribution in [1.82, 2.24) is 24.6 Å². The molecule has 42 heavy (non-hydrogen) atoms. The Labute approximate surface area is 253 Å². The van der Waals surface area contributed by atoms with Crippen LogP contribution in [-0.4, -0.2) is 65.0 Å². The van der Waals surface area contributed by atoms with Gasteiger partial charge in [0.1, 0.15) is 11.5 Å². The van der Waals surface area contributed by atoms with Gasteiger partial charge >= 0.3 is 0 Å². The summed E-state index contributed by atoms with van der Waals surface area (Å²) in [6.07, 6.45) is 6.86. The summed E-state index contributed by atoms with van der Waals surface area (Å²) in [6, 6.07) is 16.3. The molecule has 0 radical (unpaired) electrons. The van der Waals surface area contributed by atoms with Gasteiger partial charge in [0.05, 0.1) is 23.9 Å². The molecule has 1 saturated heterocycles. The fourth-order valence-corrected chi connectivity index (χ4v) is 5.67. The Bertz CT molecular complexity index is 1450. The van der Waals surface area contributed by atoms with Crippen molar-refractivity contribution in [3.05, 3.63) is 66.5 Å². The third-order valence-corrected chi connectivity index (χ3v) is 8.14. The van der Waals surface area contributed by atoms with Crippen LogP contribution < -0.4 is 19.1 Å². The zero-order chi connectivity index (χ0) is 29.5. The van der Waals surface area contributed by atoms with Crippen molar-refractivity contribution in [3.63, 3.8) is 0 Å². The minimum absolute atomic E-state index is 0.460. The van der Waals surface area contributed by atoms with Gasteiger partial charge in [0.2, 0.25) is 11.8 Å². The Morgan fingerprint density at radius 3 is 2.48 bits per heavy atom. The van der Waals surface area contributed by atoms with Gasteiger partial charge in [0.25, 0.3) is 0 Å². The van der Waals surface area contributed by atoms with E-state index in [1.54, 1.807) is 18.0 Å². The number of nitrogens with zero attached hydrogens (tertiary/aromatic N) is 6. The van der Waals surface area contributed by atoms with Crippen molar-refractivity contribution in [2.75, 3.05) is 50.0 Å². The van der Waals surface area contributed by atoms with Crippen molar-refractivity contribution in [2.24, 2.45) is 13.0 Å². The number of ether oxygens (including phenoxy) is 2. The molecule has 1 N–H and O–H groups in total. The molecule has 1 aliphatic rings. The molecular formula is C32H41N7O2S. The second kappa shape index (κ2) is 13.9. The molecule has 0 atom stereocenters. The number of anilines is 2. The second-order valence-electron chi connectivity index (χ2n) is 11.1. The number of hydrogen-bond acceptors (Lipinski definition) is 9. The van der Waals surface area contributed by atoms with Crippen LogP contribution in [0, 0.1) is 5.92 Å². The van der Waals surface area contributed by atoms with E-state index in [1.807, 2.05) is 43.6 Å². The number of rotatable bonds is 12. The van der Waals surface area contributed by atoms with Crippen LogP contribution >= 0.6 is 11.9 Å². The van der Waals surface area contributed by atoms with E-state index in [4.69, 9.17) is 19.4 Å². The van der Waals surface area contributed by atoms with E-state index < -0.39 is 0 Å². The van der Waals surface area contributed by atoms with Gasteiger partial charge in [-0.05, 0) is 68.1 Å². The first-order chi connectivity index (χ1) is 20.4. The molecule has 0 saturated carbocycles. The topological polar surface area (TPSA) is 80.6 Å². The maximum absolute atomic E-state index is 6.33. The van der Waals surface area contributed by atoms with E-state index in [9.17, 15) is 0 Å². The molecular weight excluding hydrogens is 546 g/mol. The molecule has 2 aromatic heterocycles. The molecule has 1 fully saturated rings. The van der Waals surface area contributed by atoms with Gasteiger partial charge < -0.3 is 19.3 Å². The van der Waals surface area contributed by atoms with Crippen molar-refractivity contribution < 1.29 is 9.47 Å². The van der Waals surface area contributed by atoms with Crippen LogP contribution in [-0.2, 0) is 13.5 Å². The molecule has 2 aromatic carbocycles. The van der Waals surface area contributed by atoms with Crippen LogP contribution in [0.2, 0.25) is 0 Å². The van der Waals surface area contributed by atoms with Gasteiger partial charge in [-0.1, -0.05) is 32.4 Å². The number of aromatic nitrogens is 4. The summed E-state index contributed by atoms with van der Waals surface area (Å²) in [4.78, 5) is 15.4. The summed E-state index contributed by atoms with van der Waals surface area (Å²) in [5.74, 6) is 3.17. The fraction of sp³-hybridized carbons (Fsp3) is 0.406. The average Bonchev–Trinajstić information content (AvgIpc) is 3.41. The summed E-state index contributed by atoms with van der Waals surface area (Å²) in [6.45, 7) is 8.70. The number of hydrogen-bond donors (Lipinski definition) is 1. The van der Waals surface area contributed by atoms with E-state index in [0.29, 0.717) is 17.7 Å². The van der Waals surface area contributed by atoms with Crippen molar-refractivity contribution >= 4 is 23.6 Å². The predicted molar refractivity (Wildman–Crippen MR) is 171 cm³/mol. The van der Waals surface area contributed by atoms with Crippen LogP contribution in [0.25, 0.3) is 11.3 Å². The highest BCUT2D eigenvalue weighted by Crippen LogP contribution is 2.35. The summed E-state index contributed by atoms with van der Waals surface area (Å²) >= 11 is 1.41. The third kappa shape index (κ3) is 7.74. The number of likely N-dealkylation sites (N-methyl/N-ethyl adjacent to an activating group) is 1. The van der Waals surface area contributed by atoms with Gasteiger partial charge in [-0.25, -0.2) is 4.98 Å². The predicted octanol–water partition coefficient (Wildman–Crippen LogP) is 6.53. The molecule has 222 valence electrons. The first-order valence-corrected chi connectivity index (χ1v) is 15.4. The van der Waals surface area contributed by atoms with Gasteiger partial charge in [0, 0.05) is 62.3 Å². The minimum atomic E-state index is 0.460. The third-order valence-electron chi connectivity index (χ3n) is 7.41. The minimum Gasteiger partial charge on any atom is -0.496 e. The Kier molecular flexibility index (Phi) is 9.86. The monoisotopic (exact) mass is 587 g/mol. The maximum Gasteiger partial charge on any atom is 0.237 e. The summed E-state index contributed by atoms with van der Waals surface area (Å²) in [7, 11) is 5.79. The number of aryl methyl sites for hydroxylation is 1. The molecule has 10 heteroatoms. The highest BCUT2D eigenvalue weighted by atomic mass is 32.2. The lowest BCUT2D eigenvalue weighted by Gasteiger charge is -2.34. The van der Waals surface area contributed by atoms with Crippen LogP contribution in [0.1, 0.15) is 32.3 Å². The molecule has 0 amide bonds. The number of piperazine rings is 1. The molecule has 3 heterocycles. The molecule has 9 nitrogen and oxygen atoms in total. The van der Waals surface area contributed by atoms with Gasteiger partial charge in [-0.3, -0.25) is 9.40 Å². The van der Waals surface area contributed by atoms with E-state index in [0.717, 1.165) is 78.7 Å². The standard InChI is InChI=1S/C32H41N7O2S/c1-23(2)8-6-10-28-27(9-7-11-30(28)40-5)29-20-31(35-32(34-29)36-42-26-21-33-38(4)22-26)41-25-14-12-24(13-15-25)39-18-16-37(3)17-19-39/h7,9,11-15,20-23H,6,8,10,16-19H2,1-5H3,(H,34,35,36). The van der Waals surface area contributed by atoms with E-state index in [-0.39, 0.29) is 0 Å². The molecule has 0 unspecified atom stereocenters. The first kappa shape index (κ1) is 29.7. The smallest absolute Gasteiger partial charge is 0.237 e. The van der Waals surface area contributed by atoms with Gasteiger partial charge in [-0.15, -0.1) is 0 Å². The molecule has 5 rings (SSSR count). The Balaban J connectivity index is 1.43.